The van der Waals surface area contributed by atoms with Crippen LogP contribution >= 0.6 is 22.9 Å². The molecule has 3 aliphatic heterocycles. The van der Waals surface area contributed by atoms with E-state index in [-0.39, 0.29) is 28.7 Å². The molecule has 3 saturated heterocycles. The molecule has 3 aliphatic rings. The number of sulfonamides is 1. The van der Waals surface area contributed by atoms with Gasteiger partial charge in [-0.1, -0.05) is 11.6 Å². The lowest BCUT2D eigenvalue weighted by atomic mass is 10.1. The van der Waals surface area contributed by atoms with Crippen molar-refractivity contribution in [3.63, 3.8) is 0 Å². The lowest BCUT2D eigenvalue weighted by molar-refractivity contribution is -0.143. The monoisotopic (exact) mass is 682 g/mol. The van der Waals surface area contributed by atoms with Crippen molar-refractivity contribution in [1.82, 2.24) is 29.6 Å². The van der Waals surface area contributed by atoms with E-state index in [0.717, 1.165) is 28.9 Å². The van der Waals surface area contributed by atoms with Gasteiger partial charge in [0.05, 0.1) is 13.7 Å². The van der Waals surface area contributed by atoms with Crippen LogP contribution in [-0.4, -0.2) is 129 Å². The van der Waals surface area contributed by atoms with E-state index in [2.05, 4.69) is 19.7 Å². The highest BCUT2D eigenvalue weighted by Crippen LogP contribution is 2.31. The van der Waals surface area contributed by atoms with Crippen LogP contribution in [0.15, 0.2) is 28.5 Å². The lowest BCUT2D eigenvalue weighted by Gasteiger charge is -2.38. The van der Waals surface area contributed by atoms with E-state index < -0.39 is 34.0 Å². The number of nitrogens with zero attached hydrogens (tertiary/aromatic N) is 4. The summed E-state index contributed by atoms with van der Waals surface area (Å²) in [6, 6.07) is 4.72. The molecule has 45 heavy (non-hydrogen) atoms. The first kappa shape index (κ1) is 33.4. The van der Waals surface area contributed by atoms with E-state index in [1.54, 1.807) is 36.1 Å². The standard InChI is InChI=1S/C29H39ClN6O7S2/c1-19(28(39)43-2)31-29(40)34-13-11-33(12-14-34)17-22-5-3-10-36(22)25(37)18-35-9-4-6-23(27(35)38)32-45(41,42)26-16-20-15-21(30)7-8-24(20)44-26/h7-8,15-16,19,22-23,32H,3-6,9-14,17-18H2,1-2H3,(H,31,40)/t19?,22-,23-/m0/s1. The Morgan fingerprint density at radius 2 is 1.80 bits per heavy atom. The molecule has 1 unspecified atom stereocenters. The Morgan fingerprint density at radius 3 is 2.53 bits per heavy atom. The number of halogens is 1. The van der Waals surface area contributed by atoms with Gasteiger partial charge in [0.15, 0.2) is 0 Å². The number of urea groups is 1. The molecule has 0 spiro atoms. The van der Waals surface area contributed by atoms with Crippen molar-refractivity contribution in [2.24, 2.45) is 0 Å². The number of amides is 4. The van der Waals surface area contributed by atoms with Gasteiger partial charge in [0.25, 0.3) is 10.0 Å². The predicted octanol–water partition coefficient (Wildman–Crippen LogP) is 1.70. The quantitative estimate of drug-likeness (QED) is 0.380. The SMILES string of the molecule is COC(=O)C(C)NC(=O)N1CCN(C[C@@H]2CCCN2C(=O)CN2CCC[C@H](NS(=O)(=O)c3cc4cc(Cl)ccc4s3)C2=O)CC1. The average Bonchev–Trinajstić information content (AvgIpc) is 3.66. The number of methoxy groups -OCH3 is 1. The summed E-state index contributed by atoms with van der Waals surface area (Å²) in [6.07, 6.45) is 2.64. The third-order valence-corrected chi connectivity index (χ3v) is 11.9. The second-order valence-electron chi connectivity index (χ2n) is 11.7. The molecule has 2 aromatic rings. The molecule has 3 atom stereocenters. The number of piperazine rings is 1. The summed E-state index contributed by atoms with van der Waals surface area (Å²) in [5.41, 5.74) is 0. The van der Waals surface area contributed by atoms with E-state index in [1.165, 1.54) is 12.0 Å². The Labute approximate surface area is 271 Å². The predicted molar refractivity (Wildman–Crippen MR) is 170 cm³/mol. The maximum atomic E-state index is 13.4. The summed E-state index contributed by atoms with van der Waals surface area (Å²) in [7, 11) is -2.68. The van der Waals surface area contributed by atoms with E-state index >= 15 is 0 Å². The second kappa shape index (κ2) is 14.2. The van der Waals surface area contributed by atoms with Crippen LogP contribution in [0.25, 0.3) is 10.1 Å². The molecule has 1 aromatic heterocycles. The molecule has 0 bridgehead atoms. The number of piperidine rings is 1. The molecule has 0 aliphatic carbocycles. The topological polar surface area (TPSA) is 149 Å². The Hall–Kier alpha value is -2.98. The highest BCUT2D eigenvalue weighted by Gasteiger charge is 2.37. The number of carbonyl (C=O) groups excluding carboxylic acids is 4. The van der Waals surface area contributed by atoms with Crippen LogP contribution in [0, 0.1) is 0 Å². The fourth-order valence-corrected chi connectivity index (χ4v) is 8.92. The van der Waals surface area contributed by atoms with Crippen molar-refractivity contribution in [2.75, 3.05) is 59.5 Å². The van der Waals surface area contributed by atoms with Crippen LogP contribution in [0.2, 0.25) is 5.02 Å². The molecule has 3 fully saturated rings. The van der Waals surface area contributed by atoms with Gasteiger partial charge in [-0.25, -0.2) is 18.0 Å². The third kappa shape index (κ3) is 7.88. The maximum absolute atomic E-state index is 13.4. The van der Waals surface area contributed by atoms with Crippen LogP contribution in [0.1, 0.15) is 32.6 Å². The summed E-state index contributed by atoms with van der Waals surface area (Å²) in [4.78, 5) is 58.1. The Kier molecular flexibility index (Phi) is 10.5. The smallest absolute Gasteiger partial charge is 0.328 e. The summed E-state index contributed by atoms with van der Waals surface area (Å²) in [5.74, 6) is -1.05. The number of rotatable bonds is 9. The zero-order valence-electron chi connectivity index (χ0n) is 25.4. The van der Waals surface area contributed by atoms with Gasteiger partial charge in [0.2, 0.25) is 11.8 Å². The van der Waals surface area contributed by atoms with E-state index in [1.807, 2.05) is 4.90 Å². The summed E-state index contributed by atoms with van der Waals surface area (Å²) in [5, 5.41) is 3.88. The van der Waals surface area contributed by atoms with Crippen LogP contribution in [0.3, 0.4) is 0 Å². The molecule has 0 radical (unpaired) electrons. The molecule has 1 aromatic carbocycles. The Morgan fingerprint density at radius 1 is 1.07 bits per heavy atom. The van der Waals surface area contributed by atoms with Gasteiger partial charge in [0.1, 0.15) is 16.3 Å². The zero-order valence-corrected chi connectivity index (χ0v) is 27.8. The zero-order chi connectivity index (χ0) is 32.3. The first-order chi connectivity index (χ1) is 21.4. The number of fused-ring (bicyclic) bond motifs is 1. The van der Waals surface area contributed by atoms with Gasteiger partial charge in [-0.15, -0.1) is 11.3 Å². The number of nitrogens with one attached hydrogen (secondary N) is 2. The number of benzene rings is 1. The number of thiophene rings is 1. The van der Waals surface area contributed by atoms with E-state index in [4.69, 9.17) is 11.6 Å². The van der Waals surface area contributed by atoms with Crippen LogP contribution < -0.4 is 10.0 Å². The summed E-state index contributed by atoms with van der Waals surface area (Å²) in [6.45, 7) is 5.40. The number of ether oxygens (including phenoxy) is 1. The molecule has 246 valence electrons. The Bertz CT molecular complexity index is 1540. The molecule has 16 heteroatoms. The third-order valence-electron chi connectivity index (χ3n) is 8.60. The Balaban J connectivity index is 1.12. The second-order valence-corrected chi connectivity index (χ2v) is 15.1. The highest BCUT2D eigenvalue weighted by atomic mass is 35.5. The van der Waals surface area contributed by atoms with Gasteiger partial charge in [-0.3, -0.25) is 14.5 Å². The van der Waals surface area contributed by atoms with Gasteiger partial charge in [-0.2, -0.15) is 4.72 Å². The van der Waals surface area contributed by atoms with Crippen molar-refractivity contribution in [3.8, 4) is 0 Å². The van der Waals surface area contributed by atoms with E-state index in [0.29, 0.717) is 69.1 Å². The maximum Gasteiger partial charge on any atom is 0.328 e. The fourth-order valence-electron chi connectivity index (χ4n) is 6.13. The van der Waals surface area contributed by atoms with Gasteiger partial charge in [-0.05, 0) is 62.3 Å². The normalized spacial score (nSPS) is 22.1. The molecule has 2 N–H and O–H groups in total. The molecule has 13 nitrogen and oxygen atoms in total. The number of hydrogen-bond acceptors (Lipinski definition) is 9. The van der Waals surface area contributed by atoms with Crippen LogP contribution in [-0.2, 0) is 29.1 Å². The van der Waals surface area contributed by atoms with Crippen molar-refractivity contribution in [1.29, 1.82) is 0 Å². The van der Waals surface area contributed by atoms with Crippen molar-refractivity contribution < 1.29 is 32.3 Å². The first-order valence-electron chi connectivity index (χ1n) is 15.1. The first-order valence-corrected chi connectivity index (χ1v) is 17.8. The number of carbonyl (C=O) groups is 4. The fraction of sp³-hybridized carbons (Fsp3) is 0.586. The average molecular weight is 683 g/mol. The summed E-state index contributed by atoms with van der Waals surface area (Å²) >= 11 is 7.16. The largest absolute Gasteiger partial charge is 0.467 e. The van der Waals surface area contributed by atoms with Crippen molar-refractivity contribution in [2.45, 2.75) is 54.9 Å². The van der Waals surface area contributed by atoms with Gasteiger partial charge >= 0.3 is 12.0 Å². The summed E-state index contributed by atoms with van der Waals surface area (Å²) < 4.78 is 34.5. The minimum Gasteiger partial charge on any atom is -0.467 e. The number of hydrogen-bond donors (Lipinski definition) is 2. The van der Waals surface area contributed by atoms with Crippen LogP contribution in [0.4, 0.5) is 4.79 Å². The van der Waals surface area contributed by atoms with Gasteiger partial charge < -0.3 is 24.8 Å². The lowest BCUT2D eigenvalue weighted by Crippen LogP contribution is -2.57. The molecule has 0 saturated carbocycles. The number of esters is 1. The highest BCUT2D eigenvalue weighted by molar-refractivity contribution is 7.91. The van der Waals surface area contributed by atoms with E-state index in [9.17, 15) is 27.6 Å². The number of likely N-dealkylation sites (tertiary alicyclic amines) is 2. The minimum atomic E-state index is -3.95. The molecular formula is C29H39ClN6O7S2. The molecule has 5 rings (SSSR count). The molecule has 4 amide bonds. The van der Waals surface area contributed by atoms with Crippen molar-refractivity contribution in [3.05, 3.63) is 29.3 Å². The molecule has 4 heterocycles. The molecular weight excluding hydrogens is 644 g/mol. The van der Waals surface area contributed by atoms with Crippen molar-refractivity contribution >= 4 is 66.9 Å². The van der Waals surface area contributed by atoms with Crippen LogP contribution in [0.5, 0.6) is 0 Å². The minimum absolute atomic E-state index is 0.00659. The van der Waals surface area contributed by atoms with Gasteiger partial charge in [0, 0.05) is 61.6 Å².